The summed E-state index contributed by atoms with van der Waals surface area (Å²) < 4.78 is 0. The van der Waals surface area contributed by atoms with E-state index in [2.05, 4.69) is 51.5 Å². The molecule has 0 saturated carbocycles. The minimum Gasteiger partial charge on any atom is -0.303 e. The Bertz CT molecular complexity index is 159. The van der Waals surface area contributed by atoms with E-state index in [0.29, 0.717) is 17.6 Å². The molecule has 0 amide bonds. The Balaban J connectivity index is 2.73. The smallest absolute Gasteiger partial charge is 0.0203 e. The minimum absolute atomic E-state index is 0.306. The van der Waals surface area contributed by atoms with Gasteiger partial charge in [-0.05, 0) is 41.7 Å². The van der Waals surface area contributed by atoms with E-state index in [4.69, 9.17) is 0 Å². The van der Waals surface area contributed by atoms with Gasteiger partial charge >= 0.3 is 0 Å². The van der Waals surface area contributed by atoms with E-state index in [1.807, 2.05) is 0 Å². The molecule has 2 heteroatoms. The van der Waals surface area contributed by atoms with Crippen molar-refractivity contribution in [2.75, 3.05) is 20.1 Å². The molecule has 0 aliphatic carbocycles. The summed E-state index contributed by atoms with van der Waals surface area (Å²) >= 11 is 0. The third kappa shape index (κ3) is 2.44. The van der Waals surface area contributed by atoms with Crippen LogP contribution in [0.4, 0.5) is 0 Å². The lowest BCUT2D eigenvalue weighted by molar-refractivity contribution is -0.0141. The third-order valence-corrected chi connectivity index (χ3v) is 2.88. The first-order chi connectivity index (χ1) is 5.82. The average Bonchev–Trinajstić information content (AvgIpc) is 1.78. The number of nitrogens with zero attached hydrogens (tertiary/aromatic N) is 2. The lowest BCUT2D eigenvalue weighted by atomic mass is 9.97. The molecule has 0 aromatic carbocycles. The first-order valence-electron chi connectivity index (χ1n) is 5.29. The Hall–Kier alpha value is -0.0800. The standard InChI is InChI=1S/C11H24N2/c1-9-7-12(6)8-10(2)13(9)11(3,4)5/h9-10H,7-8H2,1-6H3. The van der Waals surface area contributed by atoms with E-state index in [1.165, 1.54) is 13.1 Å². The summed E-state index contributed by atoms with van der Waals surface area (Å²) in [6.45, 7) is 14.0. The second-order valence-corrected chi connectivity index (χ2v) is 5.50. The second kappa shape index (κ2) is 3.58. The van der Waals surface area contributed by atoms with Crippen LogP contribution in [-0.2, 0) is 0 Å². The molecule has 1 fully saturated rings. The van der Waals surface area contributed by atoms with Crippen molar-refractivity contribution < 1.29 is 0 Å². The van der Waals surface area contributed by atoms with E-state index in [1.54, 1.807) is 0 Å². The highest BCUT2D eigenvalue weighted by molar-refractivity contribution is 4.90. The second-order valence-electron chi connectivity index (χ2n) is 5.50. The van der Waals surface area contributed by atoms with Gasteiger partial charge in [0.15, 0.2) is 0 Å². The Kier molecular flexibility index (Phi) is 3.03. The number of hydrogen-bond donors (Lipinski definition) is 0. The van der Waals surface area contributed by atoms with Gasteiger partial charge in [-0.15, -0.1) is 0 Å². The number of hydrogen-bond acceptors (Lipinski definition) is 2. The van der Waals surface area contributed by atoms with Crippen LogP contribution in [0.5, 0.6) is 0 Å². The van der Waals surface area contributed by atoms with Gasteiger partial charge in [0.1, 0.15) is 0 Å². The Morgan fingerprint density at radius 1 is 1.00 bits per heavy atom. The summed E-state index contributed by atoms with van der Waals surface area (Å²) in [6.07, 6.45) is 0. The fraction of sp³-hybridized carbons (Fsp3) is 1.00. The van der Waals surface area contributed by atoms with Gasteiger partial charge in [0.2, 0.25) is 0 Å². The van der Waals surface area contributed by atoms with Crippen LogP contribution in [-0.4, -0.2) is 47.6 Å². The molecule has 0 radical (unpaired) electrons. The molecule has 13 heavy (non-hydrogen) atoms. The van der Waals surface area contributed by atoms with Gasteiger partial charge in [-0.1, -0.05) is 0 Å². The largest absolute Gasteiger partial charge is 0.303 e. The zero-order valence-corrected chi connectivity index (χ0v) is 9.96. The first-order valence-corrected chi connectivity index (χ1v) is 5.29. The van der Waals surface area contributed by atoms with Crippen LogP contribution >= 0.6 is 0 Å². The van der Waals surface area contributed by atoms with Crippen LogP contribution < -0.4 is 0 Å². The van der Waals surface area contributed by atoms with E-state index in [-0.39, 0.29) is 0 Å². The molecule has 2 atom stereocenters. The molecule has 0 aromatic rings. The highest BCUT2D eigenvalue weighted by Crippen LogP contribution is 2.24. The quantitative estimate of drug-likeness (QED) is 0.566. The van der Waals surface area contributed by atoms with Crippen LogP contribution in [0.15, 0.2) is 0 Å². The molecule has 2 nitrogen and oxygen atoms in total. The monoisotopic (exact) mass is 184 g/mol. The number of piperazine rings is 1. The molecule has 1 aliphatic heterocycles. The Morgan fingerprint density at radius 3 is 1.69 bits per heavy atom. The Labute approximate surface area is 82.9 Å². The summed E-state index contributed by atoms with van der Waals surface area (Å²) in [4.78, 5) is 5.06. The van der Waals surface area contributed by atoms with E-state index >= 15 is 0 Å². The summed E-state index contributed by atoms with van der Waals surface area (Å²) in [5.41, 5.74) is 0.306. The molecular formula is C11H24N2. The zero-order valence-electron chi connectivity index (χ0n) is 9.96. The molecule has 0 spiro atoms. The van der Waals surface area contributed by atoms with Crippen molar-refractivity contribution in [1.82, 2.24) is 9.80 Å². The third-order valence-electron chi connectivity index (χ3n) is 2.88. The normalized spacial score (nSPS) is 33.7. The van der Waals surface area contributed by atoms with Crippen molar-refractivity contribution in [1.29, 1.82) is 0 Å². The highest BCUT2D eigenvalue weighted by Gasteiger charge is 2.34. The lowest BCUT2D eigenvalue weighted by Crippen LogP contribution is -2.61. The molecule has 78 valence electrons. The van der Waals surface area contributed by atoms with Crippen LogP contribution in [0, 0.1) is 0 Å². The molecule has 0 bridgehead atoms. The zero-order chi connectivity index (χ0) is 10.2. The Morgan fingerprint density at radius 2 is 1.38 bits per heavy atom. The number of rotatable bonds is 0. The molecular weight excluding hydrogens is 160 g/mol. The summed E-state index contributed by atoms with van der Waals surface area (Å²) in [6, 6.07) is 1.35. The van der Waals surface area contributed by atoms with Crippen LogP contribution in [0.3, 0.4) is 0 Å². The summed E-state index contributed by atoms with van der Waals surface area (Å²) in [5.74, 6) is 0. The maximum atomic E-state index is 2.63. The summed E-state index contributed by atoms with van der Waals surface area (Å²) in [5, 5.41) is 0. The van der Waals surface area contributed by atoms with E-state index in [9.17, 15) is 0 Å². The molecule has 2 unspecified atom stereocenters. The van der Waals surface area contributed by atoms with Crippen molar-refractivity contribution >= 4 is 0 Å². The van der Waals surface area contributed by atoms with Crippen LogP contribution in [0.2, 0.25) is 0 Å². The fourth-order valence-corrected chi connectivity index (χ4v) is 2.91. The van der Waals surface area contributed by atoms with Crippen LogP contribution in [0.1, 0.15) is 34.6 Å². The maximum absolute atomic E-state index is 2.63. The van der Waals surface area contributed by atoms with Gasteiger partial charge in [0.05, 0.1) is 0 Å². The van der Waals surface area contributed by atoms with Gasteiger partial charge in [0, 0.05) is 30.7 Å². The lowest BCUT2D eigenvalue weighted by Gasteiger charge is -2.50. The van der Waals surface area contributed by atoms with Crippen LogP contribution in [0.25, 0.3) is 0 Å². The molecule has 0 N–H and O–H groups in total. The van der Waals surface area contributed by atoms with Crippen molar-refractivity contribution in [3.05, 3.63) is 0 Å². The maximum Gasteiger partial charge on any atom is 0.0203 e. The van der Waals surface area contributed by atoms with Crippen molar-refractivity contribution in [3.63, 3.8) is 0 Å². The van der Waals surface area contributed by atoms with Crippen molar-refractivity contribution in [2.45, 2.75) is 52.2 Å². The first kappa shape index (κ1) is 11.0. The van der Waals surface area contributed by atoms with Crippen molar-refractivity contribution in [2.24, 2.45) is 0 Å². The molecule has 1 aliphatic rings. The highest BCUT2D eigenvalue weighted by atomic mass is 15.3. The minimum atomic E-state index is 0.306. The molecule has 0 aromatic heterocycles. The van der Waals surface area contributed by atoms with Gasteiger partial charge in [0.25, 0.3) is 0 Å². The van der Waals surface area contributed by atoms with Crippen molar-refractivity contribution in [3.8, 4) is 0 Å². The number of likely N-dealkylation sites (N-methyl/N-ethyl adjacent to an activating group) is 1. The molecule has 1 rings (SSSR count). The van der Waals surface area contributed by atoms with E-state index < -0.39 is 0 Å². The van der Waals surface area contributed by atoms with Gasteiger partial charge in [-0.2, -0.15) is 0 Å². The summed E-state index contributed by atoms with van der Waals surface area (Å²) in [7, 11) is 2.22. The predicted molar refractivity (Wildman–Crippen MR) is 58.0 cm³/mol. The van der Waals surface area contributed by atoms with E-state index in [0.717, 1.165) is 0 Å². The fourth-order valence-electron chi connectivity index (χ4n) is 2.91. The van der Waals surface area contributed by atoms with Gasteiger partial charge in [-0.3, -0.25) is 4.90 Å². The van der Waals surface area contributed by atoms with Gasteiger partial charge < -0.3 is 4.90 Å². The molecule has 1 saturated heterocycles. The van der Waals surface area contributed by atoms with Gasteiger partial charge in [-0.25, -0.2) is 0 Å². The predicted octanol–water partition coefficient (Wildman–Crippen LogP) is 1.81. The topological polar surface area (TPSA) is 6.48 Å². The molecule has 1 heterocycles. The SMILES string of the molecule is CC1CN(C)CC(C)N1C(C)(C)C. The average molecular weight is 184 g/mol.